The van der Waals surface area contributed by atoms with Crippen LogP contribution in [0.5, 0.6) is 0 Å². The lowest BCUT2D eigenvalue weighted by Crippen LogP contribution is -2.58. The maximum Gasteiger partial charge on any atom is 0.409 e. The zero-order chi connectivity index (χ0) is 17.2. The number of rotatable bonds is 3. The van der Waals surface area contributed by atoms with E-state index in [1.54, 1.807) is 20.4 Å². The molecule has 0 aromatic carbocycles. The number of carbonyl (C=O) groups excluding carboxylic acids is 1. The fourth-order valence-corrected chi connectivity index (χ4v) is 6.23. The summed E-state index contributed by atoms with van der Waals surface area (Å²) in [5.41, 5.74) is 0. The molecule has 1 aliphatic carbocycles. The van der Waals surface area contributed by atoms with Gasteiger partial charge in [0.15, 0.2) is 0 Å². The molecule has 3 rings (SSSR count). The summed E-state index contributed by atoms with van der Waals surface area (Å²) < 4.78 is 34.5. The van der Waals surface area contributed by atoms with Gasteiger partial charge in [0.25, 0.3) is 10.2 Å². The predicted molar refractivity (Wildman–Crippen MR) is 90.8 cm³/mol. The van der Waals surface area contributed by atoms with Gasteiger partial charge in [-0.05, 0) is 38.5 Å². The van der Waals surface area contributed by atoms with E-state index < -0.39 is 10.2 Å². The van der Waals surface area contributed by atoms with Gasteiger partial charge in [-0.1, -0.05) is 12.8 Å². The first-order chi connectivity index (χ1) is 11.5. The number of hydrogen-bond donors (Lipinski definition) is 0. The minimum atomic E-state index is -3.43. The molecule has 24 heavy (non-hydrogen) atoms. The van der Waals surface area contributed by atoms with Crippen molar-refractivity contribution in [3.63, 3.8) is 0 Å². The summed E-state index contributed by atoms with van der Waals surface area (Å²) in [7, 11) is -3.43. The Kier molecular flexibility index (Phi) is 5.66. The van der Waals surface area contributed by atoms with Crippen LogP contribution in [-0.4, -0.2) is 73.4 Å². The first kappa shape index (κ1) is 17.9. The Balaban J connectivity index is 1.64. The molecule has 2 saturated heterocycles. The van der Waals surface area contributed by atoms with Crippen LogP contribution in [0.1, 0.15) is 45.4 Å². The highest BCUT2D eigenvalue weighted by Crippen LogP contribution is 2.37. The molecule has 3 fully saturated rings. The summed E-state index contributed by atoms with van der Waals surface area (Å²) in [6, 6.07) is 0.181. The number of hydrogen-bond acceptors (Lipinski definition) is 4. The van der Waals surface area contributed by atoms with Crippen LogP contribution in [0.3, 0.4) is 0 Å². The fraction of sp³-hybridized carbons (Fsp3) is 0.938. The Bertz CT molecular complexity index is 544. The van der Waals surface area contributed by atoms with Crippen LogP contribution in [0, 0.1) is 5.92 Å². The molecule has 2 atom stereocenters. The number of nitrogens with zero attached hydrogens (tertiary/aromatic N) is 3. The van der Waals surface area contributed by atoms with Gasteiger partial charge in [0.2, 0.25) is 0 Å². The smallest absolute Gasteiger partial charge is 0.409 e. The zero-order valence-corrected chi connectivity index (χ0v) is 15.3. The minimum absolute atomic E-state index is 0.181. The van der Waals surface area contributed by atoms with Gasteiger partial charge in [-0.25, -0.2) is 4.79 Å². The van der Waals surface area contributed by atoms with Crippen molar-refractivity contribution in [2.24, 2.45) is 5.92 Å². The quantitative estimate of drug-likeness (QED) is 0.768. The van der Waals surface area contributed by atoms with Crippen molar-refractivity contribution in [1.29, 1.82) is 0 Å². The normalized spacial score (nSPS) is 30.0. The van der Waals surface area contributed by atoms with Gasteiger partial charge in [-0.15, -0.1) is 0 Å². The summed E-state index contributed by atoms with van der Waals surface area (Å²) in [5, 5.41) is 0. The lowest BCUT2D eigenvalue weighted by molar-refractivity contribution is 0.0878. The average Bonchev–Trinajstić information content (AvgIpc) is 2.61. The van der Waals surface area contributed by atoms with Crippen molar-refractivity contribution in [3.8, 4) is 0 Å². The lowest BCUT2D eigenvalue weighted by atomic mass is 9.79. The second-order valence-electron chi connectivity index (χ2n) is 6.96. The molecule has 2 aliphatic heterocycles. The summed E-state index contributed by atoms with van der Waals surface area (Å²) in [6.45, 7) is 4.27. The topological polar surface area (TPSA) is 70.2 Å². The molecule has 2 heterocycles. The molecule has 0 aromatic rings. The van der Waals surface area contributed by atoms with Crippen molar-refractivity contribution in [2.75, 3.05) is 39.3 Å². The van der Waals surface area contributed by atoms with E-state index in [-0.39, 0.29) is 12.1 Å². The number of ether oxygens (including phenoxy) is 1. The number of fused-ring (bicyclic) bond motifs is 1. The number of piperidine rings is 1. The van der Waals surface area contributed by atoms with E-state index in [0.717, 1.165) is 32.1 Å². The average molecular weight is 359 g/mol. The van der Waals surface area contributed by atoms with Gasteiger partial charge >= 0.3 is 6.09 Å². The van der Waals surface area contributed by atoms with E-state index in [1.165, 1.54) is 6.42 Å². The molecule has 7 nitrogen and oxygen atoms in total. The number of piperazine rings is 1. The molecule has 138 valence electrons. The predicted octanol–water partition coefficient (Wildman–Crippen LogP) is 1.66. The summed E-state index contributed by atoms with van der Waals surface area (Å²) in [5.74, 6) is 0.531. The van der Waals surface area contributed by atoms with E-state index in [9.17, 15) is 13.2 Å². The molecule has 1 saturated carbocycles. The molecule has 3 aliphatic rings. The van der Waals surface area contributed by atoms with Gasteiger partial charge in [-0.2, -0.15) is 17.0 Å². The highest BCUT2D eigenvalue weighted by molar-refractivity contribution is 7.86. The van der Waals surface area contributed by atoms with Crippen LogP contribution < -0.4 is 0 Å². The summed E-state index contributed by atoms with van der Waals surface area (Å²) in [6.07, 6.45) is 6.29. The van der Waals surface area contributed by atoms with Crippen molar-refractivity contribution in [3.05, 3.63) is 0 Å². The van der Waals surface area contributed by atoms with E-state index in [4.69, 9.17) is 4.74 Å². The fourth-order valence-electron chi connectivity index (χ4n) is 4.33. The van der Waals surface area contributed by atoms with Gasteiger partial charge in [-0.3, -0.25) is 0 Å². The molecule has 0 N–H and O–H groups in total. The Hall–Kier alpha value is -0.860. The highest BCUT2D eigenvalue weighted by atomic mass is 32.2. The molecule has 0 spiro atoms. The van der Waals surface area contributed by atoms with Crippen molar-refractivity contribution < 1.29 is 17.9 Å². The molecule has 2 unspecified atom stereocenters. The molecule has 1 amide bonds. The van der Waals surface area contributed by atoms with Crippen molar-refractivity contribution >= 4 is 16.3 Å². The van der Waals surface area contributed by atoms with Crippen LogP contribution in [0.25, 0.3) is 0 Å². The molecular weight excluding hydrogens is 330 g/mol. The second kappa shape index (κ2) is 7.58. The van der Waals surface area contributed by atoms with Crippen molar-refractivity contribution in [1.82, 2.24) is 13.5 Å². The first-order valence-corrected chi connectivity index (χ1v) is 10.6. The Labute approximate surface area is 145 Å². The second-order valence-corrected chi connectivity index (χ2v) is 8.84. The third kappa shape index (κ3) is 3.55. The Morgan fingerprint density at radius 3 is 2.38 bits per heavy atom. The lowest BCUT2D eigenvalue weighted by Gasteiger charge is -2.45. The van der Waals surface area contributed by atoms with Gasteiger partial charge < -0.3 is 9.64 Å². The van der Waals surface area contributed by atoms with E-state index in [1.807, 2.05) is 0 Å². The third-order valence-corrected chi connectivity index (χ3v) is 7.64. The number of amides is 1. The molecule has 0 bridgehead atoms. The van der Waals surface area contributed by atoms with Gasteiger partial charge in [0.1, 0.15) is 0 Å². The van der Waals surface area contributed by atoms with Crippen LogP contribution in [0.4, 0.5) is 4.79 Å². The van der Waals surface area contributed by atoms with E-state index in [0.29, 0.717) is 45.2 Å². The summed E-state index contributed by atoms with van der Waals surface area (Å²) >= 11 is 0. The zero-order valence-electron chi connectivity index (χ0n) is 14.5. The molecule has 0 radical (unpaired) electrons. The molecule has 0 aromatic heterocycles. The standard InChI is InChI=1S/C16H29N3O4S/c1-2-23-16(20)17-10-12-18(13-11-17)24(21,22)19-9-5-7-14-6-3-4-8-15(14)19/h14-15H,2-13H2,1H3. The highest BCUT2D eigenvalue weighted by Gasteiger charge is 2.42. The minimum Gasteiger partial charge on any atom is -0.450 e. The molecular formula is C16H29N3O4S. The monoisotopic (exact) mass is 359 g/mol. The van der Waals surface area contributed by atoms with Crippen molar-refractivity contribution in [2.45, 2.75) is 51.5 Å². The first-order valence-electron chi connectivity index (χ1n) is 9.22. The molecule has 8 heteroatoms. The van der Waals surface area contributed by atoms with Crippen LogP contribution in [0.2, 0.25) is 0 Å². The van der Waals surface area contributed by atoms with E-state index in [2.05, 4.69) is 0 Å². The maximum atomic E-state index is 13.1. The largest absolute Gasteiger partial charge is 0.450 e. The van der Waals surface area contributed by atoms with Crippen LogP contribution in [0.15, 0.2) is 0 Å². The van der Waals surface area contributed by atoms with E-state index >= 15 is 0 Å². The van der Waals surface area contributed by atoms with Gasteiger partial charge in [0.05, 0.1) is 6.61 Å². The number of carbonyl (C=O) groups is 1. The maximum absolute atomic E-state index is 13.1. The van der Waals surface area contributed by atoms with Crippen LogP contribution >= 0.6 is 0 Å². The Morgan fingerprint density at radius 2 is 1.67 bits per heavy atom. The third-order valence-electron chi connectivity index (χ3n) is 5.58. The van der Waals surface area contributed by atoms with Gasteiger partial charge in [0, 0.05) is 38.8 Å². The Morgan fingerprint density at radius 1 is 1.00 bits per heavy atom. The SMILES string of the molecule is CCOC(=O)N1CCN(S(=O)(=O)N2CCCC3CCCCC32)CC1. The summed E-state index contributed by atoms with van der Waals surface area (Å²) in [4.78, 5) is 13.4. The van der Waals surface area contributed by atoms with Crippen LogP contribution in [-0.2, 0) is 14.9 Å².